The number of ether oxygens (including phenoxy) is 1. The number of fused-ring (bicyclic) bond motifs is 3. The number of nitrogens with zero attached hydrogens (tertiary/aromatic N) is 1. The van der Waals surface area contributed by atoms with Gasteiger partial charge in [0.15, 0.2) is 5.76 Å². The van der Waals surface area contributed by atoms with Crippen LogP contribution in [0.1, 0.15) is 86.6 Å². The van der Waals surface area contributed by atoms with Gasteiger partial charge in [0, 0.05) is 36.0 Å². The van der Waals surface area contributed by atoms with Crippen molar-refractivity contribution in [3.05, 3.63) is 29.0 Å². The van der Waals surface area contributed by atoms with E-state index in [1.807, 2.05) is 24.0 Å². The van der Waals surface area contributed by atoms with Crippen molar-refractivity contribution in [2.45, 2.75) is 77.4 Å². The van der Waals surface area contributed by atoms with Gasteiger partial charge in [-0.15, -0.1) is 0 Å². The van der Waals surface area contributed by atoms with Gasteiger partial charge >= 0.3 is 0 Å². The fourth-order valence-electron chi connectivity index (χ4n) is 6.18. The summed E-state index contributed by atoms with van der Waals surface area (Å²) in [5.41, 5.74) is 2.04. The van der Waals surface area contributed by atoms with Crippen LogP contribution in [0.4, 0.5) is 0 Å². The third-order valence-corrected chi connectivity index (χ3v) is 7.44. The molecular formula is C25H33NO4. The van der Waals surface area contributed by atoms with Crippen molar-refractivity contribution in [2.24, 2.45) is 11.8 Å². The number of hydrogen-bond acceptors (Lipinski definition) is 4. The topological polar surface area (TPSA) is 62.9 Å². The van der Waals surface area contributed by atoms with Gasteiger partial charge in [-0.05, 0) is 63.0 Å². The fraction of sp³-hybridized carbons (Fsp3) is 0.640. The first kappa shape index (κ1) is 19.9. The molecule has 1 amide bonds. The van der Waals surface area contributed by atoms with Gasteiger partial charge in [0.25, 0.3) is 5.91 Å². The molecule has 5 rings (SSSR count). The van der Waals surface area contributed by atoms with Crippen LogP contribution in [0.3, 0.4) is 0 Å². The summed E-state index contributed by atoms with van der Waals surface area (Å²) in [4.78, 5) is 15.2. The molecule has 1 N–H and O–H groups in total. The van der Waals surface area contributed by atoms with Gasteiger partial charge in [-0.2, -0.15) is 0 Å². The quantitative estimate of drug-likeness (QED) is 0.684. The molecule has 5 heteroatoms. The van der Waals surface area contributed by atoms with E-state index in [0.29, 0.717) is 29.6 Å². The predicted octanol–water partition coefficient (Wildman–Crippen LogP) is 5.38. The molecule has 1 aliphatic carbocycles. The average molecular weight is 412 g/mol. The Morgan fingerprint density at radius 3 is 2.53 bits per heavy atom. The maximum atomic E-state index is 13.3. The van der Waals surface area contributed by atoms with Crippen molar-refractivity contribution >= 4 is 16.9 Å². The van der Waals surface area contributed by atoms with E-state index in [2.05, 4.69) is 13.8 Å². The lowest BCUT2D eigenvalue weighted by Gasteiger charge is -2.43. The van der Waals surface area contributed by atoms with Crippen molar-refractivity contribution in [2.75, 3.05) is 13.1 Å². The lowest BCUT2D eigenvalue weighted by atomic mass is 9.77. The molecule has 2 aliphatic heterocycles. The molecule has 2 aromatic rings. The van der Waals surface area contributed by atoms with Crippen LogP contribution in [0, 0.1) is 18.8 Å². The summed E-state index contributed by atoms with van der Waals surface area (Å²) >= 11 is 0. The van der Waals surface area contributed by atoms with Crippen molar-refractivity contribution in [3.8, 4) is 5.75 Å². The van der Waals surface area contributed by atoms with Gasteiger partial charge in [0.05, 0.1) is 6.10 Å². The minimum absolute atomic E-state index is 0.0363. The van der Waals surface area contributed by atoms with Crippen molar-refractivity contribution in [3.63, 3.8) is 0 Å². The number of carbonyl (C=O) groups excluding carboxylic acids is 1. The maximum absolute atomic E-state index is 13.3. The average Bonchev–Trinajstić information content (AvgIpc) is 3.03. The zero-order chi connectivity index (χ0) is 21.0. The number of rotatable bonds is 1. The Kier molecular flexibility index (Phi) is 4.85. The summed E-state index contributed by atoms with van der Waals surface area (Å²) in [6, 6.07) is 3.81. The standard InChI is InChI=1S/C25H33NO4/c1-15-11-16(2)14-26(13-15)24(28)23-17(3)21-19(29-23)7-8-20-22(21)18(27)12-25(30-20)9-5-4-6-10-25/h7-8,15-16,18,27H,4-6,9-14H2,1-3H3/t15-,16+,18-/m0/s1. The molecule has 1 saturated carbocycles. The molecule has 2 fully saturated rings. The summed E-state index contributed by atoms with van der Waals surface area (Å²) in [7, 11) is 0. The first-order valence-electron chi connectivity index (χ1n) is 11.6. The SMILES string of the molecule is Cc1c(C(=O)N2C[C@H](C)C[C@H](C)C2)oc2ccc3c(c12)[C@@H](O)CC1(CCCCC1)O3. The smallest absolute Gasteiger partial charge is 0.289 e. The number of aliphatic hydroxyl groups is 1. The Bertz CT molecular complexity index is 961. The molecule has 1 aromatic heterocycles. The van der Waals surface area contributed by atoms with Crippen molar-refractivity contribution in [1.29, 1.82) is 0 Å². The van der Waals surface area contributed by atoms with Crippen LogP contribution in [0.5, 0.6) is 5.75 Å². The number of carbonyl (C=O) groups is 1. The first-order valence-corrected chi connectivity index (χ1v) is 11.6. The van der Waals surface area contributed by atoms with E-state index in [0.717, 1.165) is 67.5 Å². The number of aryl methyl sites for hydroxylation is 1. The molecule has 30 heavy (non-hydrogen) atoms. The number of piperidine rings is 1. The van der Waals surface area contributed by atoms with Gasteiger partial charge in [-0.25, -0.2) is 0 Å². The number of amides is 1. The second-order valence-electron chi connectivity index (χ2n) is 10.1. The monoisotopic (exact) mass is 411 g/mol. The lowest BCUT2D eigenvalue weighted by Crippen LogP contribution is -2.43. The van der Waals surface area contributed by atoms with Gasteiger partial charge in [-0.3, -0.25) is 4.79 Å². The second-order valence-corrected chi connectivity index (χ2v) is 10.1. The third-order valence-electron chi connectivity index (χ3n) is 7.44. The highest BCUT2D eigenvalue weighted by atomic mass is 16.5. The summed E-state index contributed by atoms with van der Waals surface area (Å²) in [5.74, 6) is 2.12. The number of likely N-dealkylation sites (tertiary alicyclic amines) is 1. The van der Waals surface area contributed by atoms with Gasteiger partial charge in [0.1, 0.15) is 16.9 Å². The highest BCUT2D eigenvalue weighted by molar-refractivity contribution is 6.00. The Hall–Kier alpha value is -2.01. The van der Waals surface area contributed by atoms with E-state index in [-0.39, 0.29) is 11.5 Å². The molecule has 1 spiro atoms. The molecule has 3 aliphatic rings. The van der Waals surface area contributed by atoms with Crippen LogP contribution in [-0.4, -0.2) is 34.6 Å². The van der Waals surface area contributed by atoms with Crippen molar-refractivity contribution < 1.29 is 19.1 Å². The number of benzene rings is 1. The molecule has 3 atom stereocenters. The van der Waals surface area contributed by atoms with Crippen molar-refractivity contribution in [1.82, 2.24) is 4.90 Å². The minimum atomic E-state index is -0.593. The molecule has 5 nitrogen and oxygen atoms in total. The second kappa shape index (κ2) is 7.30. The van der Waals surface area contributed by atoms with Crippen LogP contribution in [0.25, 0.3) is 11.0 Å². The fourth-order valence-corrected chi connectivity index (χ4v) is 6.18. The Balaban J connectivity index is 1.53. The van der Waals surface area contributed by atoms with Gasteiger partial charge in [0.2, 0.25) is 0 Å². The van der Waals surface area contributed by atoms with E-state index in [1.54, 1.807) is 0 Å². The molecule has 0 unspecified atom stereocenters. The summed E-state index contributed by atoms with van der Waals surface area (Å²) in [6.45, 7) is 7.88. The number of furan rings is 1. The first-order chi connectivity index (χ1) is 14.4. The molecule has 162 valence electrons. The van der Waals surface area contributed by atoms with E-state index >= 15 is 0 Å². The Morgan fingerprint density at radius 1 is 1.13 bits per heavy atom. The summed E-state index contributed by atoms with van der Waals surface area (Å²) in [5, 5.41) is 12.0. The van der Waals surface area contributed by atoms with Crippen LogP contribution in [0.15, 0.2) is 16.5 Å². The molecule has 3 heterocycles. The van der Waals surface area contributed by atoms with E-state index in [4.69, 9.17) is 9.15 Å². The van der Waals surface area contributed by atoms with E-state index in [9.17, 15) is 9.90 Å². The normalized spacial score (nSPS) is 28.4. The number of hydrogen-bond donors (Lipinski definition) is 1. The maximum Gasteiger partial charge on any atom is 0.289 e. The lowest BCUT2D eigenvalue weighted by molar-refractivity contribution is -0.0373. The van der Waals surface area contributed by atoms with E-state index in [1.165, 1.54) is 6.42 Å². The Labute approximate surface area is 178 Å². The highest BCUT2D eigenvalue weighted by Gasteiger charge is 2.43. The zero-order valence-corrected chi connectivity index (χ0v) is 18.4. The predicted molar refractivity (Wildman–Crippen MR) is 116 cm³/mol. The van der Waals surface area contributed by atoms with Crippen LogP contribution in [-0.2, 0) is 0 Å². The largest absolute Gasteiger partial charge is 0.487 e. The van der Waals surface area contributed by atoms with E-state index < -0.39 is 6.10 Å². The third kappa shape index (κ3) is 3.22. The summed E-state index contributed by atoms with van der Waals surface area (Å²) in [6.07, 6.45) is 6.73. The molecule has 0 bridgehead atoms. The molecule has 1 aromatic carbocycles. The van der Waals surface area contributed by atoms with Crippen LogP contribution >= 0.6 is 0 Å². The Morgan fingerprint density at radius 2 is 1.83 bits per heavy atom. The molecular weight excluding hydrogens is 378 g/mol. The molecule has 0 radical (unpaired) electrons. The van der Waals surface area contributed by atoms with Crippen LogP contribution < -0.4 is 4.74 Å². The van der Waals surface area contributed by atoms with Gasteiger partial charge in [-0.1, -0.05) is 20.3 Å². The molecule has 1 saturated heterocycles. The number of aliphatic hydroxyl groups excluding tert-OH is 1. The summed E-state index contributed by atoms with van der Waals surface area (Å²) < 4.78 is 12.6. The van der Waals surface area contributed by atoms with Crippen LogP contribution in [0.2, 0.25) is 0 Å². The minimum Gasteiger partial charge on any atom is -0.487 e. The highest BCUT2D eigenvalue weighted by Crippen LogP contribution is 2.49. The van der Waals surface area contributed by atoms with Gasteiger partial charge < -0.3 is 19.2 Å². The zero-order valence-electron chi connectivity index (χ0n) is 18.4.